The van der Waals surface area contributed by atoms with Crippen LogP contribution in [0.25, 0.3) is 11.3 Å². The van der Waals surface area contributed by atoms with Crippen molar-refractivity contribution in [2.75, 3.05) is 11.9 Å². The van der Waals surface area contributed by atoms with Gasteiger partial charge in [0.05, 0.1) is 36.3 Å². The minimum atomic E-state index is -4.55. The maximum absolute atomic E-state index is 12.7. The Balaban J connectivity index is 1.84. The molecule has 27 heavy (non-hydrogen) atoms. The average Bonchev–Trinajstić information content (AvgIpc) is 3.02. The number of nitrogens with one attached hydrogen (secondary N) is 1. The molecule has 3 N–H and O–H groups in total. The first-order valence-electron chi connectivity index (χ1n) is 7.80. The smallest absolute Gasteiger partial charge is 0.416 e. The molecule has 0 bridgehead atoms. The van der Waals surface area contributed by atoms with E-state index in [1.54, 1.807) is 13.1 Å². The van der Waals surface area contributed by atoms with Gasteiger partial charge in [0.25, 0.3) is 0 Å². The van der Waals surface area contributed by atoms with Crippen LogP contribution in [0.1, 0.15) is 11.3 Å². The van der Waals surface area contributed by atoms with Gasteiger partial charge in [-0.3, -0.25) is 4.68 Å². The first-order valence-corrected chi connectivity index (χ1v) is 7.80. The number of hydrogen-bond acceptors (Lipinski definition) is 7. The summed E-state index contributed by atoms with van der Waals surface area (Å²) in [5, 5.41) is 33.6. The van der Waals surface area contributed by atoms with Crippen LogP contribution >= 0.6 is 0 Å². The van der Waals surface area contributed by atoms with Gasteiger partial charge < -0.3 is 15.5 Å². The van der Waals surface area contributed by atoms with Crippen LogP contribution in [0.5, 0.6) is 5.75 Å². The average molecular weight is 380 g/mol. The van der Waals surface area contributed by atoms with Crippen LogP contribution in [0.15, 0.2) is 30.6 Å². The number of aliphatic hydroxyl groups excluding tert-OH is 1. The number of nitrogens with zero attached hydrogens (tertiary/aromatic N) is 5. The number of aromatic hydroxyl groups is 1. The molecule has 0 amide bonds. The molecule has 2 heterocycles. The van der Waals surface area contributed by atoms with Crippen molar-refractivity contribution < 1.29 is 23.4 Å². The van der Waals surface area contributed by atoms with Gasteiger partial charge in [-0.05, 0) is 25.1 Å². The number of alkyl halides is 3. The van der Waals surface area contributed by atoms with Crippen molar-refractivity contribution in [3.63, 3.8) is 0 Å². The van der Waals surface area contributed by atoms with Crippen molar-refractivity contribution in [3.8, 4) is 17.0 Å². The van der Waals surface area contributed by atoms with E-state index in [-0.39, 0.29) is 23.8 Å². The summed E-state index contributed by atoms with van der Waals surface area (Å²) in [6.45, 7) is 1.89. The van der Waals surface area contributed by atoms with Gasteiger partial charge in [-0.15, -0.1) is 10.2 Å². The van der Waals surface area contributed by atoms with Crippen LogP contribution in [0.4, 0.5) is 24.8 Å². The molecular weight excluding hydrogens is 365 g/mol. The molecule has 0 saturated carbocycles. The molecule has 0 aliphatic carbocycles. The second-order valence-electron chi connectivity index (χ2n) is 5.64. The maximum Gasteiger partial charge on any atom is 0.416 e. The van der Waals surface area contributed by atoms with Crippen molar-refractivity contribution in [1.82, 2.24) is 25.0 Å². The van der Waals surface area contributed by atoms with Crippen LogP contribution in [-0.2, 0) is 12.7 Å². The summed E-state index contributed by atoms with van der Waals surface area (Å²) in [5.74, 6) is -0.402. The molecule has 11 heteroatoms. The topological polar surface area (TPSA) is 109 Å². The number of aryl methyl sites for hydroxylation is 1. The summed E-state index contributed by atoms with van der Waals surface area (Å²) in [6.07, 6.45) is -1.39. The highest BCUT2D eigenvalue weighted by atomic mass is 19.4. The number of hydrogen-bond donors (Lipinski definition) is 3. The number of anilines is 2. The van der Waals surface area contributed by atoms with Crippen molar-refractivity contribution in [1.29, 1.82) is 0 Å². The molecule has 3 rings (SSSR count). The molecule has 0 aliphatic heterocycles. The molecule has 0 radical (unpaired) electrons. The second-order valence-corrected chi connectivity index (χ2v) is 5.64. The lowest BCUT2D eigenvalue weighted by molar-refractivity contribution is -0.137. The first kappa shape index (κ1) is 18.6. The summed E-state index contributed by atoms with van der Waals surface area (Å²) < 4.78 is 39.7. The van der Waals surface area contributed by atoms with E-state index in [0.717, 1.165) is 12.1 Å². The first-order chi connectivity index (χ1) is 12.8. The number of phenolic OH excluding ortho intramolecular Hbond substituents is 1. The molecular formula is C16H15F3N6O2. The van der Waals surface area contributed by atoms with E-state index in [9.17, 15) is 18.3 Å². The van der Waals surface area contributed by atoms with Crippen LogP contribution < -0.4 is 5.32 Å². The third kappa shape index (κ3) is 4.14. The number of benzene rings is 1. The number of halogens is 3. The van der Waals surface area contributed by atoms with Gasteiger partial charge in [0.2, 0.25) is 5.95 Å². The van der Waals surface area contributed by atoms with E-state index in [1.807, 2.05) is 0 Å². The highest BCUT2D eigenvalue weighted by molar-refractivity contribution is 5.69. The summed E-state index contributed by atoms with van der Waals surface area (Å²) in [6, 6.07) is 2.62. The Morgan fingerprint density at radius 3 is 2.63 bits per heavy atom. The Hall–Kier alpha value is -3.21. The predicted molar refractivity (Wildman–Crippen MR) is 89.3 cm³/mol. The minimum absolute atomic E-state index is 0.0520. The lowest BCUT2D eigenvalue weighted by atomic mass is 10.1. The summed E-state index contributed by atoms with van der Waals surface area (Å²) in [7, 11) is 0. The van der Waals surface area contributed by atoms with Gasteiger partial charge in [-0.1, -0.05) is 0 Å². The standard InChI is InChI=1S/C16H15F3N6O2/c1-9-14(12-3-2-10(6-13(12)27)16(17,18)19)23-24-15(21-9)22-11-7-20-25(8-11)4-5-26/h2-3,6-8,26-27H,4-5H2,1H3,(H,21,22,24). The second kappa shape index (κ2) is 7.19. The van der Waals surface area contributed by atoms with Crippen LogP contribution in [0.2, 0.25) is 0 Å². The van der Waals surface area contributed by atoms with Crippen LogP contribution in [-0.4, -0.2) is 41.8 Å². The summed E-state index contributed by atoms with van der Waals surface area (Å²) >= 11 is 0. The molecule has 0 fully saturated rings. The highest BCUT2D eigenvalue weighted by Gasteiger charge is 2.31. The third-order valence-corrected chi connectivity index (χ3v) is 3.66. The number of rotatable bonds is 5. The van der Waals surface area contributed by atoms with Crippen molar-refractivity contribution in [2.45, 2.75) is 19.6 Å². The largest absolute Gasteiger partial charge is 0.507 e. The molecule has 3 aromatic rings. The van der Waals surface area contributed by atoms with Crippen LogP contribution in [0.3, 0.4) is 0 Å². The number of phenols is 1. The van der Waals surface area contributed by atoms with Gasteiger partial charge in [0.1, 0.15) is 11.4 Å². The van der Waals surface area contributed by atoms with Gasteiger partial charge in [0, 0.05) is 11.8 Å². The number of aliphatic hydroxyl groups is 1. The maximum atomic E-state index is 12.7. The SMILES string of the molecule is Cc1nc(Nc2cnn(CCO)c2)nnc1-c1ccc(C(F)(F)F)cc1O. The van der Waals surface area contributed by atoms with Gasteiger partial charge in [-0.25, -0.2) is 4.98 Å². The van der Waals surface area contributed by atoms with E-state index in [0.29, 0.717) is 24.0 Å². The lowest BCUT2D eigenvalue weighted by Crippen LogP contribution is -2.06. The molecule has 8 nitrogen and oxygen atoms in total. The molecule has 0 aliphatic rings. The quantitative estimate of drug-likeness (QED) is 0.624. The van der Waals surface area contributed by atoms with Crippen LogP contribution in [0, 0.1) is 6.92 Å². The van der Waals surface area contributed by atoms with E-state index in [1.165, 1.54) is 10.9 Å². The van der Waals surface area contributed by atoms with E-state index < -0.39 is 17.5 Å². The van der Waals surface area contributed by atoms with Crippen molar-refractivity contribution in [2.24, 2.45) is 0 Å². The van der Waals surface area contributed by atoms with Gasteiger partial charge in [-0.2, -0.15) is 18.3 Å². The molecule has 142 valence electrons. The Kier molecular flexibility index (Phi) is 4.95. The third-order valence-electron chi connectivity index (χ3n) is 3.66. The van der Waals surface area contributed by atoms with Gasteiger partial charge in [0.15, 0.2) is 0 Å². The Morgan fingerprint density at radius 1 is 1.22 bits per heavy atom. The normalized spacial score (nSPS) is 11.6. The fourth-order valence-electron chi connectivity index (χ4n) is 2.40. The fourth-order valence-corrected chi connectivity index (χ4v) is 2.40. The zero-order valence-electron chi connectivity index (χ0n) is 14.1. The molecule has 0 atom stereocenters. The fraction of sp³-hybridized carbons (Fsp3) is 0.250. The van der Waals surface area contributed by atoms with E-state index in [2.05, 4.69) is 25.6 Å². The molecule has 0 saturated heterocycles. The van der Waals surface area contributed by atoms with Crippen molar-refractivity contribution >= 4 is 11.6 Å². The molecule has 1 aromatic carbocycles. The van der Waals surface area contributed by atoms with E-state index >= 15 is 0 Å². The zero-order valence-corrected chi connectivity index (χ0v) is 14.1. The zero-order chi connectivity index (χ0) is 19.6. The summed E-state index contributed by atoms with van der Waals surface area (Å²) in [5.41, 5.74) is 0.256. The molecule has 0 spiro atoms. The molecule has 2 aromatic heterocycles. The monoisotopic (exact) mass is 380 g/mol. The van der Waals surface area contributed by atoms with Crippen molar-refractivity contribution in [3.05, 3.63) is 41.9 Å². The lowest BCUT2D eigenvalue weighted by Gasteiger charge is -2.11. The Morgan fingerprint density at radius 2 is 2.00 bits per heavy atom. The number of aromatic nitrogens is 5. The molecule has 0 unspecified atom stereocenters. The Labute approximate surface area is 151 Å². The van der Waals surface area contributed by atoms with Gasteiger partial charge >= 0.3 is 6.18 Å². The highest BCUT2D eigenvalue weighted by Crippen LogP contribution is 2.36. The predicted octanol–water partition coefficient (Wildman–Crippen LogP) is 2.50. The Bertz CT molecular complexity index is 958. The van der Waals surface area contributed by atoms with E-state index in [4.69, 9.17) is 5.11 Å². The summed E-state index contributed by atoms with van der Waals surface area (Å²) in [4.78, 5) is 4.21. The minimum Gasteiger partial charge on any atom is -0.507 e.